The lowest BCUT2D eigenvalue weighted by Crippen LogP contribution is -2.61. The Bertz CT molecular complexity index is 1070. The normalized spacial score (nSPS) is 14.3. The van der Waals surface area contributed by atoms with Crippen LogP contribution in [0.25, 0.3) is 28.0 Å². The van der Waals surface area contributed by atoms with E-state index in [1.165, 1.54) is 57.6 Å². The summed E-state index contributed by atoms with van der Waals surface area (Å²) < 4.78 is 2.60. The molecule has 0 saturated heterocycles. The molecular formula is C29H34N+. The second-order valence-electron chi connectivity index (χ2n) is 8.62. The van der Waals surface area contributed by atoms with Gasteiger partial charge in [-0.15, -0.1) is 0 Å². The Kier molecular flexibility index (Phi) is 5.64. The lowest BCUT2D eigenvalue weighted by molar-refractivity contribution is -0.746. The van der Waals surface area contributed by atoms with E-state index >= 15 is 0 Å². The Hall–Kier alpha value is -2.67. The Labute approximate surface area is 182 Å². The summed E-state index contributed by atoms with van der Waals surface area (Å²) in [5.41, 5.74) is 10.5. The predicted octanol–water partition coefficient (Wildman–Crippen LogP) is 7.50. The summed E-state index contributed by atoms with van der Waals surface area (Å²) in [4.78, 5) is 0. The SMILES string of the molecule is C=C1c2ccc(CCCC)cc2-c2ccc(-c3ccccc3)c(C)[n+]2C1(CC)CC. The van der Waals surface area contributed by atoms with E-state index in [9.17, 15) is 0 Å². The number of hydrogen-bond acceptors (Lipinski definition) is 0. The van der Waals surface area contributed by atoms with E-state index in [-0.39, 0.29) is 5.54 Å². The van der Waals surface area contributed by atoms with Crippen LogP contribution in [0, 0.1) is 6.92 Å². The van der Waals surface area contributed by atoms with Crippen LogP contribution < -0.4 is 4.57 Å². The summed E-state index contributed by atoms with van der Waals surface area (Å²) in [6, 6.07) is 22.5. The number of unbranched alkanes of at least 4 members (excludes halogenated alkanes) is 1. The molecule has 1 aliphatic rings. The van der Waals surface area contributed by atoms with Crippen molar-refractivity contribution in [2.45, 2.75) is 65.3 Å². The molecule has 3 aromatic rings. The maximum atomic E-state index is 4.66. The van der Waals surface area contributed by atoms with Gasteiger partial charge in [0.25, 0.3) is 0 Å². The fraction of sp³-hybridized carbons (Fsp3) is 0.345. The van der Waals surface area contributed by atoms with Crippen LogP contribution in [0.3, 0.4) is 0 Å². The number of nitrogens with zero attached hydrogens (tertiary/aromatic N) is 1. The quantitative estimate of drug-likeness (QED) is 0.380. The van der Waals surface area contributed by atoms with Gasteiger partial charge in [0.2, 0.25) is 5.69 Å². The van der Waals surface area contributed by atoms with Gasteiger partial charge in [0.05, 0.1) is 5.56 Å². The molecule has 1 aromatic heterocycles. The third kappa shape index (κ3) is 3.12. The number of allylic oxidation sites excluding steroid dienone is 1. The van der Waals surface area contributed by atoms with E-state index < -0.39 is 0 Å². The van der Waals surface area contributed by atoms with Crippen molar-refractivity contribution in [3.05, 3.63) is 84.1 Å². The van der Waals surface area contributed by atoms with Crippen molar-refractivity contribution in [1.82, 2.24) is 0 Å². The zero-order chi connectivity index (χ0) is 21.3. The highest BCUT2D eigenvalue weighted by molar-refractivity contribution is 5.84. The molecule has 1 aliphatic heterocycles. The molecule has 0 unspecified atom stereocenters. The molecule has 30 heavy (non-hydrogen) atoms. The Morgan fingerprint density at radius 2 is 1.53 bits per heavy atom. The van der Waals surface area contributed by atoms with Crippen LogP contribution in [0.4, 0.5) is 0 Å². The molecule has 0 spiro atoms. The topological polar surface area (TPSA) is 3.88 Å². The number of aromatic nitrogens is 1. The van der Waals surface area contributed by atoms with Gasteiger partial charge < -0.3 is 0 Å². The first kappa shape index (κ1) is 20.6. The van der Waals surface area contributed by atoms with Crippen LogP contribution in [-0.2, 0) is 12.0 Å². The molecule has 0 amide bonds. The van der Waals surface area contributed by atoms with E-state index in [2.05, 4.69) is 99.5 Å². The second-order valence-corrected chi connectivity index (χ2v) is 8.62. The first-order valence-electron chi connectivity index (χ1n) is 11.5. The number of benzene rings is 2. The average molecular weight is 397 g/mol. The smallest absolute Gasteiger partial charge is 0.186 e. The summed E-state index contributed by atoms with van der Waals surface area (Å²) in [5.74, 6) is 0. The molecule has 0 radical (unpaired) electrons. The first-order chi connectivity index (χ1) is 14.6. The minimum Gasteiger partial charge on any atom is -0.186 e. The number of aryl methyl sites for hydroxylation is 1. The molecule has 0 saturated carbocycles. The molecule has 154 valence electrons. The molecular weight excluding hydrogens is 362 g/mol. The highest BCUT2D eigenvalue weighted by Crippen LogP contribution is 2.45. The van der Waals surface area contributed by atoms with E-state index in [1.54, 1.807) is 0 Å². The monoisotopic (exact) mass is 396 g/mol. The van der Waals surface area contributed by atoms with Gasteiger partial charge in [0, 0.05) is 37.0 Å². The van der Waals surface area contributed by atoms with E-state index in [1.807, 2.05) is 0 Å². The number of pyridine rings is 1. The van der Waals surface area contributed by atoms with Crippen molar-refractivity contribution in [2.24, 2.45) is 0 Å². The molecule has 1 nitrogen and oxygen atoms in total. The van der Waals surface area contributed by atoms with Crippen LogP contribution in [0.15, 0.2) is 67.2 Å². The molecule has 4 rings (SSSR count). The predicted molar refractivity (Wildman–Crippen MR) is 128 cm³/mol. The highest BCUT2D eigenvalue weighted by atomic mass is 15.1. The van der Waals surface area contributed by atoms with Gasteiger partial charge in [0.15, 0.2) is 11.2 Å². The maximum absolute atomic E-state index is 4.66. The standard InChI is InChI=1S/C29H34N/c1-6-9-13-23-16-17-25-21(4)29(7-2,8-3)30-22(5)26(24-14-11-10-12-15-24)18-19-28(30)27(25)20-23/h10-12,14-20H,4,6-9,13H2,1-3,5H3/q+1. The van der Waals surface area contributed by atoms with Crippen molar-refractivity contribution in [2.75, 3.05) is 0 Å². The zero-order valence-electron chi connectivity index (χ0n) is 19.0. The largest absolute Gasteiger partial charge is 0.214 e. The van der Waals surface area contributed by atoms with Crippen molar-refractivity contribution >= 4 is 5.57 Å². The van der Waals surface area contributed by atoms with E-state index in [0.717, 1.165) is 19.3 Å². The minimum absolute atomic E-state index is 0.0812. The summed E-state index contributed by atoms with van der Waals surface area (Å²) in [6.45, 7) is 13.8. The van der Waals surface area contributed by atoms with Gasteiger partial charge in [-0.05, 0) is 41.7 Å². The van der Waals surface area contributed by atoms with Gasteiger partial charge in [-0.1, -0.05) is 76.2 Å². The van der Waals surface area contributed by atoms with E-state index in [4.69, 9.17) is 0 Å². The van der Waals surface area contributed by atoms with E-state index in [0.29, 0.717) is 0 Å². The molecule has 2 heterocycles. The summed E-state index contributed by atoms with van der Waals surface area (Å²) in [6.07, 6.45) is 5.68. The van der Waals surface area contributed by atoms with Crippen LogP contribution in [-0.4, -0.2) is 0 Å². The Morgan fingerprint density at radius 1 is 0.833 bits per heavy atom. The van der Waals surface area contributed by atoms with Gasteiger partial charge >= 0.3 is 0 Å². The maximum Gasteiger partial charge on any atom is 0.214 e. The second kappa shape index (κ2) is 8.22. The summed E-state index contributed by atoms with van der Waals surface area (Å²) in [7, 11) is 0. The fourth-order valence-electron chi connectivity index (χ4n) is 5.32. The Balaban J connectivity index is 1.99. The van der Waals surface area contributed by atoms with Crippen LogP contribution in [0.2, 0.25) is 0 Å². The van der Waals surface area contributed by atoms with Gasteiger partial charge in [-0.25, -0.2) is 0 Å². The molecule has 1 heteroatoms. The number of rotatable bonds is 6. The summed E-state index contributed by atoms with van der Waals surface area (Å²) >= 11 is 0. The van der Waals surface area contributed by atoms with Crippen LogP contribution in [0.5, 0.6) is 0 Å². The molecule has 0 atom stereocenters. The number of hydrogen-bond donors (Lipinski definition) is 0. The van der Waals surface area contributed by atoms with Gasteiger partial charge in [-0.3, -0.25) is 0 Å². The highest BCUT2D eigenvalue weighted by Gasteiger charge is 2.48. The van der Waals surface area contributed by atoms with Gasteiger partial charge in [0.1, 0.15) is 0 Å². The number of fused-ring (bicyclic) bond motifs is 3. The summed E-state index contributed by atoms with van der Waals surface area (Å²) in [5, 5.41) is 0. The van der Waals surface area contributed by atoms with Crippen molar-refractivity contribution < 1.29 is 4.57 Å². The fourth-order valence-corrected chi connectivity index (χ4v) is 5.32. The molecule has 2 aromatic carbocycles. The van der Waals surface area contributed by atoms with Crippen LogP contribution in [0.1, 0.15) is 63.3 Å². The van der Waals surface area contributed by atoms with Crippen molar-refractivity contribution in [3.63, 3.8) is 0 Å². The molecule has 0 fully saturated rings. The zero-order valence-corrected chi connectivity index (χ0v) is 19.0. The third-order valence-electron chi connectivity index (χ3n) is 7.12. The van der Waals surface area contributed by atoms with Gasteiger partial charge in [-0.2, -0.15) is 4.57 Å². The molecule has 0 aliphatic carbocycles. The van der Waals surface area contributed by atoms with Crippen molar-refractivity contribution in [3.8, 4) is 22.4 Å². The lowest BCUT2D eigenvalue weighted by Gasteiger charge is -2.36. The molecule has 0 bridgehead atoms. The first-order valence-corrected chi connectivity index (χ1v) is 11.5. The lowest BCUT2D eigenvalue weighted by atomic mass is 9.74. The average Bonchev–Trinajstić information content (AvgIpc) is 2.79. The minimum atomic E-state index is -0.0812. The molecule has 0 N–H and O–H groups in total. The Morgan fingerprint density at radius 3 is 2.20 bits per heavy atom. The third-order valence-corrected chi connectivity index (χ3v) is 7.12. The van der Waals surface area contributed by atoms with Crippen molar-refractivity contribution in [1.29, 1.82) is 0 Å². The van der Waals surface area contributed by atoms with Crippen LogP contribution >= 0.6 is 0 Å².